The number of hydrogen-bond acceptors (Lipinski definition) is 7. The molecule has 3 N–H and O–H groups in total. The first-order valence-electron chi connectivity index (χ1n) is 19.7. The molecular formula is C43H52FN7O5. The van der Waals surface area contributed by atoms with Gasteiger partial charge in [-0.1, -0.05) is 58.6 Å². The van der Waals surface area contributed by atoms with Gasteiger partial charge in [-0.3, -0.25) is 14.0 Å². The molecule has 0 radical (unpaired) electrons. The van der Waals surface area contributed by atoms with Gasteiger partial charge < -0.3 is 34.6 Å². The van der Waals surface area contributed by atoms with Gasteiger partial charge in [0, 0.05) is 42.5 Å². The fourth-order valence-electron chi connectivity index (χ4n) is 8.22. The Bertz CT molecular complexity index is 2130. The number of nitrogens with zero attached hydrogens (tertiary/aromatic N) is 4. The van der Waals surface area contributed by atoms with Gasteiger partial charge in [-0.25, -0.2) is 14.8 Å². The SMILES string of the molecule is COC(=O)N[C@H](C(=O)N1C[C@@H](CF)C[C@H]1c1ncc(-c2ccc(C#Cc3ccc4nc([C@@H]5C[C@@]6(CCCO6)CN5C(=O)[C@@H](C)C(C)C)[nH]c4c3)cc2)[nH]1)C(C)C. The smallest absolute Gasteiger partial charge is 0.407 e. The summed E-state index contributed by atoms with van der Waals surface area (Å²) in [7, 11) is 1.25. The summed E-state index contributed by atoms with van der Waals surface area (Å²) in [6.45, 7) is 10.9. The van der Waals surface area contributed by atoms with E-state index in [1.807, 2.05) is 68.1 Å². The predicted molar refractivity (Wildman–Crippen MR) is 210 cm³/mol. The molecule has 13 heteroatoms. The van der Waals surface area contributed by atoms with E-state index in [-0.39, 0.29) is 53.7 Å². The number of imidazole rings is 2. The van der Waals surface area contributed by atoms with Crippen LogP contribution in [0.25, 0.3) is 22.3 Å². The number of benzene rings is 2. The summed E-state index contributed by atoms with van der Waals surface area (Å²) in [6, 6.07) is 12.3. The zero-order chi connectivity index (χ0) is 39.7. The molecule has 0 saturated carbocycles. The quantitative estimate of drug-likeness (QED) is 0.161. The van der Waals surface area contributed by atoms with Crippen LogP contribution >= 0.6 is 0 Å². The third-order valence-electron chi connectivity index (χ3n) is 11.8. The highest BCUT2D eigenvalue weighted by Crippen LogP contribution is 2.45. The number of methoxy groups -OCH3 is 1. The second kappa shape index (κ2) is 16.1. The van der Waals surface area contributed by atoms with Crippen LogP contribution in [-0.2, 0) is 19.1 Å². The van der Waals surface area contributed by atoms with E-state index in [2.05, 4.69) is 46.0 Å². The molecule has 0 aliphatic carbocycles. The largest absolute Gasteiger partial charge is 0.453 e. The number of amides is 3. The van der Waals surface area contributed by atoms with Crippen LogP contribution < -0.4 is 5.32 Å². The molecule has 4 aromatic rings. The zero-order valence-corrected chi connectivity index (χ0v) is 33.0. The molecule has 5 heterocycles. The van der Waals surface area contributed by atoms with E-state index in [0.717, 1.165) is 65.1 Å². The highest BCUT2D eigenvalue weighted by molar-refractivity contribution is 5.86. The van der Waals surface area contributed by atoms with Crippen LogP contribution in [0.2, 0.25) is 0 Å². The predicted octanol–water partition coefficient (Wildman–Crippen LogP) is 6.71. The van der Waals surface area contributed by atoms with Gasteiger partial charge in [-0.2, -0.15) is 0 Å². The Balaban J connectivity index is 1.05. The Hall–Kier alpha value is -5.22. The van der Waals surface area contributed by atoms with Crippen LogP contribution in [0.4, 0.5) is 9.18 Å². The number of aromatic nitrogens is 4. The molecule has 296 valence electrons. The van der Waals surface area contributed by atoms with Gasteiger partial charge in [-0.15, -0.1) is 0 Å². The van der Waals surface area contributed by atoms with Crippen LogP contribution in [0.3, 0.4) is 0 Å². The van der Waals surface area contributed by atoms with Crippen LogP contribution in [0.5, 0.6) is 0 Å². The number of fused-ring (bicyclic) bond motifs is 1. The van der Waals surface area contributed by atoms with Gasteiger partial charge in [0.25, 0.3) is 0 Å². The first-order chi connectivity index (χ1) is 26.9. The van der Waals surface area contributed by atoms with Gasteiger partial charge in [-0.05, 0) is 67.0 Å². The minimum Gasteiger partial charge on any atom is -0.453 e. The topological polar surface area (TPSA) is 146 Å². The van der Waals surface area contributed by atoms with Crippen molar-refractivity contribution in [2.24, 2.45) is 23.7 Å². The van der Waals surface area contributed by atoms with Gasteiger partial charge in [0.2, 0.25) is 11.8 Å². The van der Waals surface area contributed by atoms with Gasteiger partial charge >= 0.3 is 6.09 Å². The first kappa shape index (κ1) is 39.0. The third kappa shape index (κ3) is 7.89. The Morgan fingerprint density at radius 2 is 1.73 bits per heavy atom. The molecule has 1 spiro atoms. The van der Waals surface area contributed by atoms with Crippen molar-refractivity contribution in [3.63, 3.8) is 0 Å². The summed E-state index contributed by atoms with van der Waals surface area (Å²) in [5.41, 5.74) is 4.71. The fourth-order valence-corrected chi connectivity index (χ4v) is 8.22. The summed E-state index contributed by atoms with van der Waals surface area (Å²) in [6.07, 6.45) is 4.14. The highest BCUT2D eigenvalue weighted by Gasteiger charge is 2.50. The van der Waals surface area contributed by atoms with E-state index in [0.29, 0.717) is 18.8 Å². The Labute approximate surface area is 327 Å². The number of hydrogen-bond donors (Lipinski definition) is 3. The van der Waals surface area contributed by atoms with E-state index in [1.54, 1.807) is 11.1 Å². The minimum absolute atomic E-state index is 0.0928. The van der Waals surface area contributed by atoms with E-state index in [4.69, 9.17) is 14.5 Å². The number of aromatic amines is 2. The molecule has 0 bridgehead atoms. The normalized spacial score (nSPS) is 23.2. The van der Waals surface area contributed by atoms with Crippen LogP contribution in [0.1, 0.15) is 95.2 Å². The number of rotatable bonds is 9. The second-order valence-corrected chi connectivity index (χ2v) is 16.3. The Morgan fingerprint density at radius 1 is 0.982 bits per heavy atom. The number of likely N-dealkylation sites (tertiary alicyclic amines) is 2. The Morgan fingerprint density at radius 3 is 2.41 bits per heavy atom. The lowest BCUT2D eigenvalue weighted by molar-refractivity contribution is -0.138. The number of halogens is 1. The maximum absolute atomic E-state index is 13.9. The summed E-state index contributed by atoms with van der Waals surface area (Å²) >= 11 is 0. The molecule has 2 aromatic carbocycles. The molecular weight excluding hydrogens is 714 g/mol. The molecule has 12 nitrogen and oxygen atoms in total. The summed E-state index contributed by atoms with van der Waals surface area (Å²) < 4.78 is 24.9. The van der Waals surface area contributed by atoms with E-state index < -0.39 is 24.9 Å². The number of alkyl halides is 1. The number of alkyl carbamates (subject to hydrolysis) is 1. The molecule has 3 aliphatic rings. The average Bonchev–Trinajstić information content (AvgIpc) is 4.05. The van der Waals surface area contributed by atoms with Gasteiger partial charge in [0.05, 0.1) is 60.9 Å². The monoisotopic (exact) mass is 765 g/mol. The molecule has 3 amide bonds. The lowest BCUT2D eigenvalue weighted by atomic mass is 9.96. The second-order valence-electron chi connectivity index (χ2n) is 16.3. The maximum atomic E-state index is 13.9. The molecule has 0 unspecified atom stereocenters. The van der Waals surface area contributed by atoms with Crippen LogP contribution in [0.15, 0.2) is 48.7 Å². The summed E-state index contributed by atoms with van der Waals surface area (Å²) in [5, 5.41) is 2.63. The van der Waals surface area contributed by atoms with Crippen molar-refractivity contribution < 1.29 is 28.2 Å². The average molecular weight is 766 g/mol. The van der Waals surface area contributed by atoms with Crippen molar-refractivity contribution in [3.05, 3.63) is 71.4 Å². The van der Waals surface area contributed by atoms with E-state index >= 15 is 0 Å². The summed E-state index contributed by atoms with van der Waals surface area (Å²) in [4.78, 5) is 59.3. The summed E-state index contributed by atoms with van der Waals surface area (Å²) in [5.74, 6) is 7.35. The van der Waals surface area contributed by atoms with Crippen molar-refractivity contribution in [2.45, 2.75) is 84.0 Å². The molecule has 7 rings (SSSR count). The standard InChI is InChI=1S/C43H52FN7O5/c1-25(2)27(5)40(52)51-24-43(16-7-17-56-43)20-36(51)39-46-32-15-12-29(18-33(32)47-39)9-8-28-10-13-31(14-11-28)34-22-45-38(48-34)35-19-30(21-44)23-50(35)41(53)37(26(3)4)49-42(54)55-6/h10-15,18,22,25-27,30,35-37H,7,16-17,19-21,23-24H2,1-6H3,(H,45,48)(H,46,47)(H,49,54)/t27-,30+,35-,36-,37-,43-/m0/s1. The number of nitrogens with one attached hydrogen (secondary N) is 3. The fraction of sp³-hybridized carbons (Fsp3) is 0.512. The van der Waals surface area contributed by atoms with Crippen molar-refractivity contribution in [3.8, 4) is 23.1 Å². The molecule has 3 saturated heterocycles. The van der Waals surface area contributed by atoms with Crippen molar-refractivity contribution in [1.82, 2.24) is 35.1 Å². The molecule has 2 aromatic heterocycles. The van der Waals surface area contributed by atoms with E-state index in [9.17, 15) is 18.8 Å². The maximum Gasteiger partial charge on any atom is 0.407 e. The lowest BCUT2D eigenvalue weighted by Crippen LogP contribution is -2.51. The molecule has 3 fully saturated rings. The number of carbonyl (C=O) groups excluding carboxylic acids is 3. The minimum atomic E-state index is -0.816. The highest BCUT2D eigenvalue weighted by atomic mass is 19.1. The zero-order valence-electron chi connectivity index (χ0n) is 33.0. The number of H-pyrrole nitrogens is 2. The van der Waals surface area contributed by atoms with Crippen molar-refractivity contribution >= 4 is 28.9 Å². The van der Waals surface area contributed by atoms with Gasteiger partial charge in [0.15, 0.2) is 0 Å². The Kier molecular flexibility index (Phi) is 11.2. The van der Waals surface area contributed by atoms with Crippen LogP contribution in [0, 0.1) is 35.5 Å². The van der Waals surface area contributed by atoms with E-state index in [1.165, 1.54) is 7.11 Å². The number of carbonyl (C=O) groups is 3. The molecule has 56 heavy (non-hydrogen) atoms. The van der Waals surface area contributed by atoms with Crippen LogP contribution in [-0.4, -0.2) is 92.8 Å². The third-order valence-corrected chi connectivity index (χ3v) is 11.8. The lowest BCUT2D eigenvalue weighted by Gasteiger charge is -2.30. The molecule has 3 aliphatic heterocycles. The first-order valence-corrected chi connectivity index (χ1v) is 19.7. The number of ether oxygens (including phenoxy) is 2. The van der Waals surface area contributed by atoms with Crippen molar-refractivity contribution in [1.29, 1.82) is 0 Å². The van der Waals surface area contributed by atoms with Gasteiger partial charge in [0.1, 0.15) is 17.7 Å². The van der Waals surface area contributed by atoms with Crippen molar-refractivity contribution in [2.75, 3.05) is 33.5 Å². The molecule has 6 atom stereocenters.